The van der Waals surface area contributed by atoms with Crippen LogP contribution in [0.15, 0.2) is 34.9 Å². The summed E-state index contributed by atoms with van der Waals surface area (Å²) in [6, 6.07) is 0. The zero-order chi connectivity index (χ0) is 14.8. The molecule has 4 aliphatic carbocycles. The molecule has 0 aromatic heterocycles. The average molecular weight is 282 g/mol. The summed E-state index contributed by atoms with van der Waals surface area (Å²) in [4.78, 5) is 35.8. The number of hydrogen-bond donors (Lipinski definition) is 0. The zero-order valence-electron chi connectivity index (χ0n) is 12.1. The fourth-order valence-electron chi connectivity index (χ4n) is 4.77. The lowest BCUT2D eigenvalue weighted by molar-refractivity contribution is -0.131. The van der Waals surface area contributed by atoms with Gasteiger partial charge in [0.05, 0.1) is 0 Å². The molecule has 0 N–H and O–H groups in total. The van der Waals surface area contributed by atoms with E-state index in [-0.39, 0.29) is 17.1 Å². The van der Waals surface area contributed by atoms with Gasteiger partial charge in [0.2, 0.25) is 11.6 Å². The van der Waals surface area contributed by atoms with E-state index in [1.165, 1.54) is 11.6 Å². The Morgan fingerprint density at radius 2 is 1.95 bits per heavy atom. The molecule has 0 saturated heterocycles. The first-order valence-corrected chi connectivity index (χ1v) is 7.75. The van der Waals surface area contributed by atoms with Crippen LogP contribution in [0.4, 0.5) is 0 Å². The molecule has 2 saturated carbocycles. The first kappa shape index (κ1) is 12.9. The molecule has 3 nitrogen and oxygen atoms in total. The summed E-state index contributed by atoms with van der Waals surface area (Å²) in [6.45, 7) is 2.11. The van der Waals surface area contributed by atoms with Crippen molar-refractivity contribution in [1.29, 1.82) is 0 Å². The monoisotopic (exact) mass is 282 g/mol. The summed E-state index contributed by atoms with van der Waals surface area (Å²) < 4.78 is 0. The highest BCUT2D eigenvalue weighted by Gasteiger charge is 2.52. The Hall–Kier alpha value is -1.77. The predicted molar refractivity (Wildman–Crippen MR) is 77.4 cm³/mol. The second-order valence-corrected chi connectivity index (χ2v) is 6.89. The number of rotatable bonds is 0. The number of fused-ring (bicyclic) bond motifs is 4. The summed E-state index contributed by atoms with van der Waals surface area (Å²) in [6.07, 6.45) is 9.38. The number of ketones is 3. The number of allylic oxidation sites excluding steroid dienone is 6. The molecular formula is C18H18O3. The molecular weight excluding hydrogens is 264 g/mol. The van der Waals surface area contributed by atoms with Gasteiger partial charge in [0.15, 0.2) is 0 Å². The molecule has 4 aliphatic rings. The molecule has 4 rings (SSSR count). The van der Waals surface area contributed by atoms with Gasteiger partial charge < -0.3 is 0 Å². The van der Waals surface area contributed by atoms with Gasteiger partial charge in [-0.25, -0.2) is 0 Å². The molecule has 3 heteroatoms. The Bertz CT molecular complexity index is 677. The summed E-state index contributed by atoms with van der Waals surface area (Å²) in [5.74, 6) is 0.239. The average Bonchev–Trinajstić information content (AvgIpc) is 2.78. The molecule has 0 radical (unpaired) electrons. The van der Waals surface area contributed by atoms with Gasteiger partial charge in [-0.05, 0) is 43.3 Å². The third kappa shape index (κ3) is 1.57. The first-order valence-electron chi connectivity index (χ1n) is 7.75. The molecule has 108 valence electrons. The third-order valence-corrected chi connectivity index (χ3v) is 6.00. The van der Waals surface area contributed by atoms with Crippen molar-refractivity contribution in [1.82, 2.24) is 0 Å². The van der Waals surface area contributed by atoms with Crippen LogP contribution in [0.2, 0.25) is 0 Å². The van der Waals surface area contributed by atoms with Crippen LogP contribution in [0.1, 0.15) is 39.0 Å². The molecule has 3 atom stereocenters. The van der Waals surface area contributed by atoms with E-state index in [1.54, 1.807) is 0 Å². The van der Waals surface area contributed by atoms with Gasteiger partial charge in [0, 0.05) is 23.3 Å². The fourth-order valence-corrected chi connectivity index (χ4v) is 4.77. The standard InChI is InChI=1S/C18H18O3/c1-18-9-8-11-10-4-6-15(19)17(21)13(10)3-2-12(11)14(18)5-7-16(18)20/h2,4,6,11,14H,3,5,7-9H2,1H3/t11-,14+,18+/m1/s1. The maximum absolute atomic E-state index is 12.2. The van der Waals surface area contributed by atoms with E-state index in [2.05, 4.69) is 13.0 Å². The molecule has 2 fully saturated rings. The van der Waals surface area contributed by atoms with E-state index in [4.69, 9.17) is 0 Å². The van der Waals surface area contributed by atoms with Crippen LogP contribution in [0.3, 0.4) is 0 Å². The van der Waals surface area contributed by atoms with Crippen LogP contribution in [0.5, 0.6) is 0 Å². The predicted octanol–water partition coefficient (Wildman–Crippen LogP) is 2.72. The summed E-state index contributed by atoms with van der Waals surface area (Å²) >= 11 is 0. The van der Waals surface area contributed by atoms with Crippen LogP contribution in [0, 0.1) is 17.3 Å². The Balaban J connectivity index is 1.75. The Labute approximate surface area is 123 Å². The minimum absolute atomic E-state index is 0.196. The largest absolute Gasteiger partial charge is 0.299 e. The third-order valence-electron chi connectivity index (χ3n) is 6.00. The van der Waals surface area contributed by atoms with Gasteiger partial charge in [-0.1, -0.05) is 24.6 Å². The van der Waals surface area contributed by atoms with E-state index in [0.29, 0.717) is 30.1 Å². The van der Waals surface area contributed by atoms with E-state index in [1.807, 2.05) is 6.08 Å². The Morgan fingerprint density at radius 1 is 1.14 bits per heavy atom. The van der Waals surface area contributed by atoms with Gasteiger partial charge >= 0.3 is 0 Å². The van der Waals surface area contributed by atoms with Gasteiger partial charge in [-0.2, -0.15) is 0 Å². The van der Waals surface area contributed by atoms with E-state index in [0.717, 1.165) is 24.8 Å². The number of Topliss-reactive ketones (excluding diaryl/α,β-unsaturated/α-hetero) is 2. The molecule has 0 unspecified atom stereocenters. The summed E-state index contributed by atoms with van der Waals surface area (Å²) in [7, 11) is 0. The van der Waals surface area contributed by atoms with Crippen LogP contribution in [-0.4, -0.2) is 17.3 Å². The minimum atomic E-state index is -0.401. The minimum Gasteiger partial charge on any atom is -0.299 e. The maximum Gasteiger partial charge on any atom is 0.229 e. The van der Waals surface area contributed by atoms with Gasteiger partial charge in [0.1, 0.15) is 5.78 Å². The van der Waals surface area contributed by atoms with Crippen LogP contribution >= 0.6 is 0 Å². The SMILES string of the molecule is C[C@]12CC[C@H]3C(=CCC4=C3C=CC(=O)C4=O)[C@@H]1CCC2=O. The van der Waals surface area contributed by atoms with Crippen LogP contribution < -0.4 is 0 Å². The lowest BCUT2D eigenvalue weighted by Crippen LogP contribution is -2.39. The van der Waals surface area contributed by atoms with Crippen LogP contribution in [-0.2, 0) is 14.4 Å². The molecule has 0 spiro atoms. The first-order chi connectivity index (χ1) is 10.0. The lowest BCUT2D eigenvalue weighted by atomic mass is 9.59. The number of hydrogen-bond acceptors (Lipinski definition) is 3. The molecule has 21 heavy (non-hydrogen) atoms. The molecule has 0 amide bonds. The fraction of sp³-hybridized carbons (Fsp3) is 0.500. The summed E-state index contributed by atoms with van der Waals surface area (Å²) in [5.41, 5.74) is 2.88. The van der Waals surface area contributed by atoms with Crippen molar-refractivity contribution in [2.75, 3.05) is 0 Å². The smallest absolute Gasteiger partial charge is 0.229 e. The van der Waals surface area contributed by atoms with Crippen molar-refractivity contribution in [2.45, 2.75) is 39.0 Å². The highest BCUT2D eigenvalue weighted by Crippen LogP contribution is 2.57. The van der Waals surface area contributed by atoms with Crippen molar-refractivity contribution in [3.8, 4) is 0 Å². The van der Waals surface area contributed by atoms with Gasteiger partial charge in [-0.15, -0.1) is 0 Å². The molecule has 0 heterocycles. The molecule has 0 aromatic rings. The number of carbonyl (C=O) groups excluding carboxylic acids is 3. The second kappa shape index (κ2) is 4.12. The van der Waals surface area contributed by atoms with Crippen molar-refractivity contribution >= 4 is 17.3 Å². The van der Waals surface area contributed by atoms with E-state index in [9.17, 15) is 14.4 Å². The van der Waals surface area contributed by atoms with Crippen molar-refractivity contribution in [3.63, 3.8) is 0 Å². The topological polar surface area (TPSA) is 51.2 Å². The van der Waals surface area contributed by atoms with Crippen molar-refractivity contribution in [3.05, 3.63) is 34.9 Å². The quantitative estimate of drug-likeness (QED) is 0.390. The highest BCUT2D eigenvalue weighted by atomic mass is 16.2. The van der Waals surface area contributed by atoms with E-state index < -0.39 is 5.78 Å². The summed E-state index contributed by atoms with van der Waals surface area (Å²) in [5, 5.41) is 0. The molecule has 0 aliphatic heterocycles. The zero-order valence-corrected chi connectivity index (χ0v) is 12.1. The Kier molecular flexibility index (Phi) is 2.54. The number of carbonyl (C=O) groups is 3. The van der Waals surface area contributed by atoms with Crippen LogP contribution in [0.25, 0.3) is 0 Å². The highest BCUT2D eigenvalue weighted by molar-refractivity contribution is 6.48. The Morgan fingerprint density at radius 3 is 2.76 bits per heavy atom. The van der Waals surface area contributed by atoms with Gasteiger partial charge in [-0.3, -0.25) is 14.4 Å². The molecule has 0 aromatic carbocycles. The maximum atomic E-state index is 12.2. The lowest BCUT2D eigenvalue weighted by Gasteiger charge is -2.44. The normalized spacial score (nSPS) is 38.1. The van der Waals surface area contributed by atoms with Crippen molar-refractivity contribution in [2.24, 2.45) is 17.3 Å². The molecule has 0 bridgehead atoms. The van der Waals surface area contributed by atoms with Gasteiger partial charge in [0.25, 0.3) is 0 Å². The second-order valence-electron chi connectivity index (χ2n) is 6.89. The van der Waals surface area contributed by atoms with Crippen molar-refractivity contribution < 1.29 is 14.4 Å². The van der Waals surface area contributed by atoms with E-state index >= 15 is 0 Å².